The van der Waals surface area contributed by atoms with Crippen LogP contribution in [0.15, 0.2) is 24.3 Å². The SMILES string of the molecule is CCCCCCCCCCNc1cccc2sc(C)cc12. The van der Waals surface area contributed by atoms with Crippen molar-refractivity contribution >= 4 is 27.1 Å². The van der Waals surface area contributed by atoms with E-state index >= 15 is 0 Å². The monoisotopic (exact) mass is 303 g/mol. The lowest BCUT2D eigenvalue weighted by atomic mass is 10.1. The van der Waals surface area contributed by atoms with Crippen molar-refractivity contribution < 1.29 is 0 Å². The van der Waals surface area contributed by atoms with Crippen LogP contribution in [-0.4, -0.2) is 6.54 Å². The third kappa shape index (κ3) is 5.35. The van der Waals surface area contributed by atoms with Crippen molar-refractivity contribution in [3.8, 4) is 0 Å². The average Bonchev–Trinajstić information content (AvgIpc) is 2.86. The Morgan fingerprint density at radius 3 is 2.43 bits per heavy atom. The Bertz CT molecular complexity index is 529. The van der Waals surface area contributed by atoms with E-state index in [9.17, 15) is 0 Å². The molecular formula is C19H29NS. The minimum atomic E-state index is 1.10. The van der Waals surface area contributed by atoms with Crippen molar-refractivity contribution in [2.75, 3.05) is 11.9 Å². The van der Waals surface area contributed by atoms with E-state index in [2.05, 4.69) is 43.4 Å². The van der Waals surface area contributed by atoms with E-state index in [4.69, 9.17) is 0 Å². The number of aryl methyl sites for hydroxylation is 1. The molecule has 0 radical (unpaired) electrons. The van der Waals surface area contributed by atoms with E-state index in [0.29, 0.717) is 0 Å². The molecule has 1 heterocycles. The molecule has 0 atom stereocenters. The summed E-state index contributed by atoms with van der Waals surface area (Å²) in [5, 5.41) is 5.01. The maximum absolute atomic E-state index is 3.62. The fourth-order valence-corrected chi connectivity index (χ4v) is 3.77. The van der Waals surface area contributed by atoms with E-state index < -0.39 is 0 Å². The Hall–Kier alpha value is -1.02. The number of thiophene rings is 1. The molecule has 21 heavy (non-hydrogen) atoms. The Kier molecular flexibility index (Phi) is 7.08. The fraction of sp³-hybridized carbons (Fsp3) is 0.579. The predicted octanol–water partition coefficient (Wildman–Crippen LogP) is 6.76. The van der Waals surface area contributed by atoms with Gasteiger partial charge in [0.1, 0.15) is 0 Å². The van der Waals surface area contributed by atoms with Gasteiger partial charge in [-0.25, -0.2) is 0 Å². The van der Waals surface area contributed by atoms with Crippen LogP contribution in [0, 0.1) is 6.92 Å². The molecule has 1 aromatic heterocycles. The topological polar surface area (TPSA) is 12.0 Å². The van der Waals surface area contributed by atoms with Crippen molar-refractivity contribution in [1.82, 2.24) is 0 Å². The molecule has 2 heteroatoms. The lowest BCUT2D eigenvalue weighted by Crippen LogP contribution is -2.01. The molecule has 0 bridgehead atoms. The molecule has 0 amide bonds. The summed E-state index contributed by atoms with van der Waals surface area (Å²) in [6, 6.07) is 8.89. The largest absolute Gasteiger partial charge is 0.385 e. The highest BCUT2D eigenvalue weighted by atomic mass is 32.1. The highest BCUT2D eigenvalue weighted by molar-refractivity contribution is 7.19. The molecule has 1 nitrogen and oxygen atoms in total. The number of hydrogen-bond acceptors (Lipinski definition) is 2. The molecule has 1 aromatic carbocycles. The van der Waals surface area contributed by atoms with Crippen LogP contribution in [0.3, 0.4) is 0 Å². The Balaban J connectivity index is 1.64. The van der Waals surface area contributed by atoms with Gasteiger partial charge in [-0.2, -0.15) is 0 Å². The molecular weight excluding hydrogens is 274 g/mol. The van der Waals surface area contributed by atoms with Crippen LogP contribution in [0.2, 0.25) is 0 Å². The molecule has 0 saturated heterocycles. The van der Waals surface area contributed by atoms with Crippen molar-refractivity contribution in [3.05, 3.63) is 29.1 Å². The predicted molar refractivity (Wildman–Crippen MR) is 97.7 cm³/mol. The fourth-order valence-electron chi connectivity index (χ4n) is 2.82. The summed E-state index contributed by atoms with van der Waals surface area (Å²) in [7, 11) is 0. The molecule has 0 spiro atoms. The zero-order valence-corrected chi connectivity index (χ0v) is 14.4. The number of unbranched alkanes of at least 4 members (excludes halogenated alkanes) is 7. The van der Waals surface area contributed by atoms with Crippen molar-refractivity contribution in [1.29, 1.82) is 0 Å². The number of rotatable bonds is 10. The molecule has 0 unspecified atom stereocenters. The van der Waals surface area contributed by atoms with E-state index in [0.717, 1.165) is 6.54 Å². The Morgan fingerprint density at radius 2 is 1.67 bits per heavy atom. The second kappa shape index (κ2) is 9.09. The van der Waals surface area contributed by atoms with Crippen LogP contribution in [0.25, 0.3) is 10.1 Å². The maximum atomic E-state index is 3.62. The number of nitrogens with one attached hydrogen (secondary N) is 1. The number of hydrogen-bond donors (Lipinski definition) is 1. The van der Waals surface area contributed by atoms with E-state index in [-0.39, 0.29) is 0 Å². The van der Waals surface area contributed by atoms with E-state index in [1.807, 2.05) is 11.3 Å². The first-order valence-electron chi connectivity index (χ1n) is 8.54. The van der Waals surface area contributed by atoms with Gasteiger partial charge in [-0.05, 0) is 31.5 Å². The van der Waals surface area contributed by atoms with E-state index in [1.54, 1.807) is 0 Å². The third-order valence-electron chi connectivity index (χ3n) is 4.03. The summed E-state index contributed by atoms with van der Waals surface area (Å²) in [6.07, 6.45) is 11.1. The highest BCUT2D eigenvalue weighted by Gasteiger charge is 2.03. The summed E-state index contributed by atoms with van der Waals surface area (Å²) in [5.74, 6) is 0. The summed E-state index contributed by atoms with van der Waals surface area (Å²) in [6.45, 7) is 5.57. The van der Waals surface area contributed by atoms with Gasteiger partial charge in [0.05, 0.1) is 0 Å². The van der Waals surface area contributed by atoms with Gasteiger partial charge in [-0.3, -0.25) is 0 Å². The van der Waals surface area contributed by atoms with Gasteiger partial charge >= 0.3 is 0 Å². The first-order valence-corrected chi connectivity index (χ1v) is 9.36. The van der Waals surface area contributed by atoms with Gasteiger partial charge in [-0.1, -0.05) is 57.9 Å². The smallest absolute Gasteiger partial charge is 0.0428 e. The molecule has 0 aliphatic rings. The second-order valence-electron chi connectivity index (χ2n) is 5.98. The molecule has 0 fully saturated rings. The molecule has 1 N–H and O–H groups in total. The highest BCUT2D eigenvalue weighted by Crippen LogP contribution is 2.30. The van der Waals surface area contributed by atoms with Gasteiger partial charge < -0.3 is 5.32 Å². The van der Waals surface area contributed by atoms with Crippen LogP contribution in [-0.2, 0) is 0 Å². The first-order chi connectivity index (χ1) is 10.3. The van der Waals surface area contributed by atoms with Crippen LogP contribution >= 0.6 is 11.3 Å². The van der Waals surface area contributed by atoms with Gasteiger partial charge in [0.15, 0.2) is 0 Å². The van der Waals surface area contributed by atoms with Crippen LogP contribution in [0.5, 0.6) is 0 Å². The van der Waals surface area contributed by atoms with Gasteiger partial charge in [0, 0.05) is 27.2 Å². The second-order valence-corrected chi connectivity index (χ2v) is 7.26. The minimum Gasteiger partial charge on any atom is -0.385 e. The third-order valence-corrected chi connectivity index (χ3v) is 5.05. The summed E-state index contributed by atoms with van der Waals surface area (Å²) >= 11 is 1.88. The molecule has 0 saturated carbocycles. The van der Waals surface area contributed by atoms with Gasteiger partial charge in [-0.15, -0.1) is 11.3 Å². The standard InChI is InChI=1S/C19H29NS/c1-3-4-5-6-7-8-9-10-14-20-18-12-11-13-19-17(18)15-16(2)21-19/h11-13,15,20H,3-10,14H2,1-2H3. The molecule has 2 rings (SSSR count). The van der Waals surface area contributed by atoms with Gasteiger partial charge in [0.2, 0.25) is 0 Å². The maximum Gasteiger partial charge on any atom is 0.0428 e. The molecule has 0 aliphatic carbocycles. The lowest BCUT2D eigenvalue weighted by Gasteiger charge is -2.07. The molecule has 116 valence electrons. The first kappa shape index (κ1) is 16.4. The van der Waals surface area contributed by atoms with Crippen LogP contribution in [0.4, 0.5) is 5.69 Å². The summed E-state index contributed by atoms with van der Waals surface area (Å²) < 4.78 is 1.40. The zero-order valence-electron chi connectivity index (χ0n) is 13.6. The Labute approximate surface area is 133 Å². The van der Waals surface area contributed by atoms with Crippen molar-refractivity contribution in [2.24, 2.45) is 0 Å². The van der Waals surface area contributed by atoms with Crippen LogP contribution < -0.4 is 5.32 Å². The number of fused-ring (bicyclic) bond motifs is 1. The van der Waals surface area contributed by atoms with Gasteiger partial charge in [0.25, 0.3) is 0 Å². The molecule has 0 aliphatic heterocycles. The average molecular weight is 304 g/mol. The minimum absolute atomic E-state index is 1.10. The molecule has 2 aromatic rings. The number of anilines is 1. The van der Waals surface area contributed by atoms with Crippen LogP contribution in [0.1, 0.15) is 63.2 Å². The summed E-state index contributed by atoms with van der Waals surface area (Å²) in [4.78, 5) is 1.39. The summed E-state index contributed by atoms with van der Waals surface area (Å²) in [5.41, 5.74) is 1.31. The number of benzene rings is 1. The van der Waals surface area contributed by atoms with Crippen molar-refractivity contribution in [3.63, 3.8) is 0 Å². The zero-order chi connectivity index (χ0) is 14.9. The normalized spacial score (nSPS) is 11.1. The lowest BCUT2D eigenvalue weighted by molar-refractivity contribution is 0.581. The van der Waals surface area contributed by atoms with Crippen molar-refractivity contribution in [2.45, 2.75) is 65.2 Å². The quantitative estimate of drug-likeness (QED) is 0.478. The Morgan fingerprint density at radius 1 is 0.952 bits per heavy atom. The van der Waals surface area contributed by atoms with E-state index in [1.165, 1.54) is 72.0 Å².